The fraction of sp³-hybridized carbons (Fsp3) is 0.800. The molecule has 1 aliphatic carbocycles. The minimum absolute atomic E-state index is 0.684. The highest BCUT2D eigenvalue weighted by Gasteiger charge is 2.23. The third-order valence-electron chi connectivity index (χ3n) is 2.65. The molecule has 1 heteroatoms. The van der Waals surface area contributed by atoms with Crippen molar-refractivity contribution in [2.24, 2.45) is 5.92 Å². The van der Waals surface area contributed by atoms with Crippen LogP contribution in [-0.4, -0.2) is 25.0 Å². The number of hydrogen-bond acceptors (Lipinski definition) is 1. The highest BCUT2D eigenvalue weighted by atomic mass is 15.1. The third kappa shape index (κ3) is 1.84. The smallest absolute Gasteiger partial charge is 0.0324 e. The number of hydrogen-bond donors (Lipinski definition) is 0. The second-order valence-corrected chi connectivity index (χ2v) is 3.91. The first kappa shape index (κ1) is 8.79. The van der Waals surface area contributed by atoms with Crippen LogP contribution in [0.15, 0.2) is 11.6 Å². The maximum Gasteiger partial charge on any atom is 0.0324 e. The molecule has 1 aliphatic rings. The highest BCUT2D eigenvalue weighted by Crippen LogP contribution is 2.26. The van der Waals surface area contributed by atoms with Crippen molar-refractivity contribution in [3.05, 3.63) is 11.6 Å². The Hall–Kier alpha value is -0.300. The van der Waals surface area contributed by atoms with E-state index in [2.05, 4.69) is 38.9 Å². The Morgan fingerprint density at radius 2 is 2.09 bits per heavy atom. The van der Waals surface area contributed by atoms with Crippen LogP contribution in [0.3, 0.4) is 0 Å². The standard InChI is InChI=1S/C10H19N/c1-8-6-5-7-9(2)10(8)11(3)4/h6,9-10H,5,7H2,1-4H3. The van der Waals surface area contributed by atoms with Crippen LogP contribution in [0.4, 0.5) is 0 Å². The maximum atomic E-state index is 2.38. The molecule has 0 aromatic heterocycles. The fourth-order valence-corrected chi connectivity index (χ4v) is 2.22. The molecule has 64 valence electrons. The summed E-state index contributed by atoms with van der Waals surface area (Å²) in [5, 5.41) is 0. The van der Waals surface area contributed by atoms with Gasteiger partial charge in [0.25, 0.3) is 0 Å². The molecule has 0 N–H and O–H groups in total. The Kier molecular flexibility index (Phi) is 2.72. The van der Waals surface area contributed by atoms with E-state index in [0.717, 1.165) is 5.92 Å². The van der Waals surface area contributed by atoms with E-state index < -0.39 is 0 Å². The van der Waals surface area contributed by atoms with Crippen molar-refractivity contribution in [3.63, 3.8) is 0 Å². The van der Waals surface area contributed by atoms with Gasteiger partial charge in [0.15, 0.2) is 0 Å². The molecule has 0 radical (unpaired) electrons. The van der Waals surface area contributed by atoms with E-state index in [1.165, 1.54) is 12.8 Å². The molecular formula is C10H19N. The van der Waals surface area contributed by atoms with E-state index in [1.54, 1.807) is 5.57 Å². The van der Waals surface area contributed by atoms with Crippen molar-refractivity contribution in [2.75, 3.05) is 14.1 Å². The van der Waals surface area contributed by atoms with Crippen LogP contribution in [0.2, 0.25) is 0 Å². The maximum absolute atomic E-state index is 2.38. The van der Waals surface area contributed by atoms with Crippen molar-refractivity contribution < 1.29 is 0 Å². The summed E-state index contributed by atoms with van der Waals surface area (Å²) in [6, 6.07) is 0.684. The van der Waals surface area contributed by atoms with Gasteiger partial charge >= 0.3 is 0 Å². The van der Waals surface area contributed by atoms with Crippen LogP contribution < -0.4 is 0 Å². The molecule has 1 nitrogen and oxygen atoms in total. The van der Waals surface area contributed by atoms with Crippen molar-refractivity contribution in [3.8, 4) is 0 Å². The van der Waals surface area contributed by atoms with E-state index in [4.69, 9.17) is 0 Å². The molecule has 0 aromatic carbocycles. The van der Waals surface area contributed by atoms with Gasteiger partial charge in [0.1, 0.15) is 0 Å². The molecule has 0 fully saturated rings. The minimum Gasteiger partial charge on any atom is -0.302 e. The van der Waals surface area contributed by atoms with Crippen molar-refractivity contribution in [1.82, 2.24) is 4.90 Å². The summed E-state index contributed by atoms with van der Waals surface area (Å²) in [7, 11) is 4.34. The number of rotatable bonds is 1. The molecule has 0 bridgehead atoms. The number of likely N-dealkylation sites (N-methyl/N-ethyl adjacent to an activating group) is 1. The second-order valence-electron chi connectivity index (χ2n) is 3.91. The van der Waals surface area contributed by atoms with Crippen LogP contribution >= 0.6 is 0 Å². The third-order valence-corrected chi connectivity index (χ3v) is 2.65. The highest BCUT2D eigenvalue weighted by molar-refractivity contribution is 5.12. The van der Waals surface area contributed by atoms with Crippen molar-refractivity contribution in [2.45, 2.75) is 32.7 Å². The van der Waals surface area contributed by atoms with Crippen molar-refractivity contribution in [1.29, 1.82) is 0 Å². The quantitative estimate of drug-likeness (QED) is 0.522. The van der Waals surface area contributed by atoms with E-state index >= 15 is 0 Å². The van der Waals surface area contributed by atoms with E-state index in [-0.39, 0.29) is 0 Å². The average molecular weight is 153 g/mol. The first-order valence-electron chi connectivity index (χ1n) is 4.46. The molecular weight excluding hydrogens is 134 g/mol. The minimum atomic E-state index is 0.684. The lowest BCUT2D eigenvalue weighted by Gasteiger charge is -2.33. The zero-order valence-electron chi connectivity index (χ0n) is 8.09. The topological polar surface area (TPSA) is 3.24 Å². The van der Waals surface area contributed by atoms with Gasteiger partial charge in [0, 0.05) is 6.04 Å². The molecule has 0 amide bonds. The first-order chi connectivity index (χ1) is 5.13. The molecule has 2 unspecified atom stereocenters. The predicted octanol–water partition coefficient (Wildman–Crippen LogP) is 2.29. The van der Waals surface area contributed by atoms with Gasteiger partial charge < -0.3 is 4.90 Å². The van der Waals surface area contributed by atoms with E-state index in [1.807, 2.05) is 0 Å². The molecule has 2 atom stereocenters. The van der Waals surface area contributed by atoms with Crippen LogP contribution in [-0.2, 0) is 0 Å². The zero-order chi connectivity index (χ0) is 8.43. The SMILES string of the molecule is CC1=CCCC(C)C1N(C)C. The van der Waals surface area contributed by atoms with Gasteiger partial charge in [-0.15, -0.1) is 0 Å². The Morgan fingerprint density at radius 3 is 2.45 bits per heavy atom. The normalized spacial score (nSPS) is 32.3. The Labute approximate surface area is 70.1 Å². The molecule has 0 saturated carbocycles. The summed E-state index contributed by atoms with van der Waals surface area (Å²) in [5.41, 5.74) is 1.55. The van der Waals surface area contributed by atoms with Gasteiger partial charge in [-0.05, 0) is 39.8 Å². The van der Waals surface area contributed by atoms with Crippen LogP contribution in [0.5, 0.6) is 0 Å². The molecule has 0 spiro atoms. The van der Waals surface area contributed by atoms with Gasteiger partial charge in [-0.1, -0.05) is 18.6 Å². The molecule has 0 saturated heterocycles. The summed E-state index contributed by atoms with van der Waals surface area (Å²) >= 11 is 0. The average Bonchev–Trinajstić information content (AvgIpc) is 1.85. The largest absolute Gasteiger partial charge is 0.302 e. The Morgan fingerprint density at radius 1 is 1.45 bits per heavy atom. The molecule has 1 rings (SSSR count). The van der Waals surface area contributed by atoms with E-state index in [9.17, 15) is 0 Å². The van der Waals surface area contributed by atoms with Gasteiger partial charge in [-0.2, -0.15) is 0 Å². The van der Waals surface area contributed by atoms with Gasteiger partial charge in [0.2, 0.25) is 0 Å². The second kappa shape index (κ2) is 3.40. The Balaban J connectivity index is 2.71. The predicted molar refractivity (Wildman–Crippen MR) is 49.6 cm³/mol. The summed E-state index contributed by atoms with van der Waals surface area (Å²) in [6.45, 7) is 4.60. The Bertz CT molecular complexity index is 158. The van der Waals surface area contributed by atoms with Gasteiger partial charge in [0.05, 0.1) is 0 Å². The number of nitrogens with zero attached hydrogens (tertiary/aromatic N) is 1. The summed E-state index contributed by atoms with van der Waals surface area (Å²) < 4.78 is 0. The number of allylic oxidation sites excluding steroid dienone is 1. The lowest BCUT2D eigenvalue weighted by Crippen LogP contribution is -2.36. The molecule has 0 aliphatic heterocycles. The summed E-state index contributed by atoms with van der Waals surface area (Å²) in [5.74, 6) is 0.829. The summed E-state index contributed by atoms with van der Waals surface area (Å²) in [6.07, 6.45) is 5.00. The fourth-order valence-electron chi connectivity index (χ4n) is 2.22. The van der Waals surface area contributed by atoms with Crippen LogP contribution in [0, 0.1) is 5.92 Å². The lowest BCUT2D eigenvalue weighted by atomic mass is 9.85. The van der Waals surface area contributed by atoms with E-state index in [0.29, 0.717) is 6.04 Å². The molecule has 0 heterocycles. The van der Waals surface area contributed by atoms with Crippen LogP contribution in [0.1, 0.15) is 26.7 Å². The first-order valence-corrected chi connectivity index (χ1v) is 4.46. The zero-order valence-corrected chi connectivity index (χ0v) is 8.09. The van der Waals surface area contributed by atoms with Gasteiger partial charge in [-0.25, -0.2) is 0 Å². The van der Waals surface area contributed by atoms with Gasteiger partial charge in [-0.3, -0.25) is 0 Å². The molecule has 0 aromatic rings. The lowest BCUT2D eigenvalue weighted by molar-refractivity contribution is 0.237. The molecule has 11 heavy (non-hydrogen) atoms. The van der Waals surface area contributed by atoms with Crippen molar-refractivity contribution >= 4 is 0 Å². The monoisotopic (exact) mass is 153 g/mol. The van der Waals surface area contributed by atoms with Crippen LogP contribution in [0.25, 0.3) is 0 Å². The summed E-state index contributed by atoms with van der Waals surface area (Å²) in [4.78, 5) is 2.33.